The van der Waals surface area contributed by atoms with Gasteiger partial charge in [0.25, 0.3) is 0 Å². The molecular formula is C10H19N3. The monoisotopic (exact) mass is 181 g/mol. The molecule has 0 radical (unpaired) electrons. The quantitative estimate of drug-likeness (QED) is 0.694. The Bertz CT molecular complexity index is 207. The van der Waals surface area contributed by atoms with Crippen LogP contribution in [0.4, 0.5) is 0 Å². The largest absolute Gasteiger partial charge is 0.323 e. The summed E-state index contributed by atoms with van der Waals surface area (Å²) in [6.07, 6.45) is 2.59. The van der Waals surface area contributed by atoms with Crippen LogP contribution < -0.4 is 5.73 Å². The lowest BCUT2D eigenvalue weighted by Crippen LogP contribution is -2.55. The van der Waals surface area contributed by atoms with Gasteiger partial charge in [0.2, 0.25) is 0 Å². The molecule has 0 aromatic heterocycles. The van der Waals surface area contributed by atoms with Crippen molar-refractivity contribution in [3.05, 3.63) is 0 Å². The maximum atomic E-state index is 8.66. The number of hydrogen-bond donors (Lipinski definition) is 1. The molecule has 1 unspecified atom stereocenters. The van der Waals surface area contributed by atoms with E-state index in [9.17, 15) is 0 Å². The first-order valence-corrected chi connectivity index (χ1v) is 4.97. The summed E-state index contributed by atoms with van der Waals surface area (Å²) in [5.41, 5.74) is 5.88. The van der Waals surface area contributed by atoms with Crippen molar-refractivity contribution in [1.29, 1.82) is 5.26 Å². The van der Waals surface area contributed by atoms with Gasteiger partial charge >= 0.3 is 0 Å². The van der Waals surface area contributed by atoms with Gasteiger partial charge in [0.1, 0.15) is 0 Å². The molecule has 0 spiro atoms. The first-order valence-electron chi connectivity index (χ1n) is 4.97. The minimum atomic E-state index is -0.253. The molecule has 1 atom stereocenters. The number of hydrogen-bond acceptors (Lipinski definition) is 3. The number of nitrogens with two attached hydrogens (primary N) is 1. The smallest absolute Gasteiger partial charge is 0.0641 e. The summed E-state index contributed by atoms with van der Waals surface area (Å²) in [6, 6.07) is 2.73. The zero-order valence-corrected chi connectivity index (χ0v) is 8.58. The highest BCUT2D eigenvalue weighted by Gasteiger charge is 2.32. The maximum Gasteiger partial charge on any atom is 0.0641 e. The van der Waals surface area contributed by atoms with Crippen LogP contribution in [0.25, 0.3) is 0 Å². The molecule has 1 aliphatic heterocycles. The van der Waals surface area contributed by atoms with Crippen LogP contribution in [-0.4, -0.2) is 29.6 Å². The maximum absolute atomic E-state index is 8.66. The third kappa shape index (κ3) is 2.68. The van der Waals surface area contributed by atoms with Crippen LogP contribution >= 0.6 is 0 Å². The fourth-order valence-corrected chi connectivity index (χ4v) is 1.94. The Labute approximate surface area is 80.5 Å². The summed E-state index contributed by atoms with van der Waals surface area (Å²) in [7, 11) is 0. The highest BCUT2D eigenvalue weighted by atomic mass is 15.2. The van der Waals surface area contributed by atoms with Crippen molar-refractivity contribution in [2.24, 2.45) is 5.73 Å². The molecular weight excluding hydrogens is 162 g/mol. The molecule has 3 heteroatoms. The van der Waals surface area contributed by atoms with Crippen LogP contribution in [0, 0.1) is 11.3 Å². The Hall–Kier alpha value is -0.590. The third-order valence-electron chi connectivity index (χ3n) is 2.80. The molecule has 1 saturated heterocycles. The summed E-state index contributed by atoms with van der Waals surface area (Å²) in [5.74, 6) is 0. The Morgan fingerprint density at radius 2 is 2.31 bits per heavy atom. The summed E-state index contributed by atoms with van der Waals surface area (Å²) >= 11 is 0. The zero-order chi connectivity index (χ0) is 9.90. The van der Waals surface area contributed by atoms with Gasteiger partial charge < -0.3 is 5.73 Å². The molecule has 0 aromatic rings. The van der Waals surface area contributed by atoms with Crippen LogP contribution in [0.5, 0.6) is 0 Å². The molecule has 1 rings (SSSR count). The van der Waals surface area contributed by atoms with Gasteiger partial charge in [-0.1, -0.05) is 0 Å². The number of rotatable bonds is 2. The van der Waals surface area contributed by atoms with Gasteiger partial charge in [-0.25, -0.2) is 0 Å². The lowest BCUT2D eigenvalue weighted by atomic mass is 9.87. The van der Waals surface area contributed by atoms with Crippen molar-refractivity contribution in [1.82, 2.24) is 4.90 Å². The Morgan fingerprint density at radius 1 is 1.62 bits per heavy atom. The molecule has 0 saturated carbocycles. The van der Waals surface area contributed by atoms with Gasteiger partial charge in [-0.2, -0.15) is 5.26 Å². The first-order chi connectivity index (χ1) is 6.07. The van der Waals surface area contributed by atoms with Crippen LogP contribution in [0.3, 0.4) is 0 Å². The fraction of sp³-hybridized carbons (Fsp3) is 0.900. The van der Waals surface area contributed by atoms with Crippen LogP contribution in [0.15, 0.2) is 0 Å². The molecule has 74 valence electrons. The third-order valence-corrected chi connectivity index (χ3v) is 2.80. The van der Waals surface area contributed by atoms with E-state index >= 15 is 0 Å². The lowest BCUT2D eigenvalue weighted by Gasteiger charge is -2.41. The standard InChI is InChI=1S/C10H19N3/c1-9(2)13-7-3-4-10(12,8-13)5-6-11/h9H,3-5,7-8,12H2,1-2H3. The van der Waals surface area contributed by atoms with E-state index in [1.807, 2.05) is 0 Å². The van der Waals surface area contributed by atoms with E-state index in [2.05, 4.69) is 24.8 Å². The Balaban J connectivity index is 2.55. The predicted octanol–water partition coefficient (Wildman–Crippen LogP) is 1.10. The number of nitrogens with zero attached hydrogens (tertiary/aromatic N) is 2. The predicted molar refractivity (Wildman–Crippen MR) is 53.1 cm³/mol. The van der Waals surface area contributed by atoms with Gasteiger partial charge in [-0.15, -0.1) is 0 Å². The van der Waals surface area contributed by atoms with Gasteiger partial charge in [0.05, 0.1) is 12.5 Å². The Morgan fingerprint density at radius 3 is 2.85 bits per heavy atom. The van der Waals surface area contributed by atoms with E-state index in [1.165, 1.54) is 0 Å². The van der Waals surface area contributed by atoms with Crippen molar-refractivity contribution in [2.45, 2.75) is 44.7 Å². The minimum Gasteiger partial charge on any atom is -0.323 e. The lowest BCUT2D eigenvalue weighted by molar-refractivity contribution is 0.121. The van der Waals surface area contributed by atoms with Crippen molar-refractivity contribution in [3.63, 3.8) is 0 Å². The normalized spacial score (nSPS) is 30.4. The molecule has 2 N–H and O–H groups in total. The summed E-state index contributed by atoms with van der Waals surface area (Å²) in [6.45, 7) is 6.36. The van der Waals surface area contributed by atoms with Gasteiger partial charge in [-0.05, 0) is 33.2 Å². The number of nitriles is 1. The van der Waals surface area contributed by atoms with Gasteiger partial charge in [0, 0.05) is 18.1 Å². The average Bonchev–Trinajstić information content (AvgIpc) is 2.04. The number of piperidine rings is 1. The van der Waals surface area contributed by atoms with Crippen LogP contribution in [-0.2, 0) is 0 Å². The minimum absolute atomic E-state index is 0.253. The molecule has 0 amide bonds. The summed E-state index contributed by atoms with van der Waals surface area (Å²) in [4.78, 5) is 2.36. The van der Waals surface area contributed by atoms with Gasteiger partial charge in [0.15, 0.2) is 0 Å². The molecule has 3 nitrogen and oxygen atoms in total. The SMILES string of the molecule is CC(C)N1CCCC(N)(CC#N)C1. The van der Waals surface area contributed by atoms with E-state index in [-0.39, 0.29) is 5.54 Å². The van der Waals surface area contributed by atoms with Crippen molar-refractivity contribution in [3.8, 4) is 6.07 Å². The fourth-order valence-electron chi connectivity index (χ4n) is 1.94. The highest BCUT2D eigenvalue weighted by molar-refractivity contribution is 4.98. The molecule has 0 aromatic carbocycles. The molecule has 1 heterocycles. The molecule has 13 heavy (non-hydrogen) atoms. The van der Waals surface area contributed by atoms with E-state index in [1.54, 1.807) is 0 Å². The second kappa shape index (κ2) is 4.08. The zero-order valence-electron chi connectivity index (χ0n) is 8.58. The van der Waals surface area contributed by atoms with E-state index < -0.39 is 0 Å². The van der Waals surface area contributed by atoms with Crippen molar-refractivity contribution in [2.75, 3.05) is 13.1 Å². The van der Waals surface area contributed by atoms with E-state index in [4.69, 9.17) is 11.0 Å². The second-order valence-corrected chi connectivity index (χ2v) is 4.37. The van der Waals surface area contributed by atoms with Crippen LogP contribution in [0.1, 0.15) is 33.1 Å². The molecule has 1 aliphatic rings. The number of likely N-dealkylation sites (tertiary alicyclic amines) is 1. The van der Waals surface area contributed by atoms with Gasteiger partial charge in [-0.3, -0.25) is 4.90 Å². The topological polar surface area (TPSA) is 53.0 Å². The van der Waals surface area contributed by atoms with Crippen molar-refractivity contribution >= 4 is 0 Å². The van der Waals surface area contributed by atoms with Crippen molar-refractivity contribution < 1.29 is 0 Å². The second-order valence-electron chi connectivity index (χ2n) is 4.37. The first kappa shape index (κ1) is 10.5. The molecule has 0 bridgehead atoms. The average molecular weight is 181 g/mol. The summed E-state index contributed by atoms with van der Waals surface area (Å²) in [5, 5.41) is 8.66. The Kier molecular flexibility index (Phi) is 3.29. The molecule has 0 aliphatic carbocycles. The van der Waals surface area contributed by atoms with E-state index in [0.717, 1.165) is 25.9 Å². The molecule has 1 fully saturated rings. The summed E-state index contributed by atoms with van der Waals surface area (Å²) < 4.78 is 0. The highest BCUT2D eigenvalue weighted by Crippen LogP contribution is 2.22. The van der Waals surface area contributed by atoms with E-state index in [0.29, 0.717) is 12.5 Å². The van der Waals surface area contributed by atoms with Crippen LogP contribution in [0.2, 0.25) is 0 Å².